The highest BCUT2D eigenvalue weighted by atomic mass is 32.1. The molecule has 2 aromatic heterocycles. The van der Waals surface area contributed by atoms with Crippen molar-refractivity contribution in [3.05, 3.63) is 39.7 Å². The minimum absolute atomic E-state index is 0.131. The van der Waals surface area contributed by atoms with Crippen LogP contribution in [0, 0.1) is 6.92 Å². The highest BCUT2D eigenvalue weighted by Crippen LogP contribution is 2.36. The zero-order chi connectivity index (χ0) is 13.9. The minimum Gasteiger partial charge on any atom is -0.445 e. The van der Waals surface area contributed by atoms with Crippen molar-refractivity contribution in [2.45, 2.75) is 38.5 Å². The van der Waals surface area contributed by atoms with Gasteiger partial charge in [0.2, 0.25) is 0 Å². The molecule has 0 radical (unpaired) electrons. The van der Waals surface area contributed by atoms with Gasteiger partial charge in [0.25, 0.3) is 5.91 Å². The molecular weight excluding hydrogens is 272 g/mol. The monoisotopic (exact) mass is 290 g/mol. The third kappa shape index (κ3) is 2.77. The summed E-state index contributed by atoms with van der Waals surface area (Å²) in [6, 6.07) is 4.10. The van der Waals surface area contributed by atoms with Crippen LogP contribution in [0.1, 0.15) is 52.2 Å². The summed E-state index contributed by atoms with van der Waals surface area (Å²) in [6.45, 7) is 2.44. The predicted octanol–water partition coefficient (Wildman–Crippen LogP) is 3.28. The van der Waals surface area contributed by atoms with Crippen molar-refractivity contribution >= 4 is 17.2 Å². The van der Waals surface area contributed by atoms with Crippen LogP contribution in [0.25, 0.3) is 0 Å². The number of nitrogens with one attached hydrogen (secondary N) is 1. The van der Waals surface area contributed by atoms with Gasteiger partial charge in [-0.2, -0.15) is 0 Å². The van der Waals surface area contributed by atoms with E-state index in [2.05, 4.69) is 16.4 Å². The molecule has 3 rings (SSSR count). The lowest BCUT2D eigenvalue weighted by atomic mass is 9.85. The average Bonchev–Trinajstić information content (AvgIpc) is 2.97. The Labute approximate surface area is 122 Å². The van der Waals surface area contributed by atoms with Gasteiger partial charge in [0.05, 0.1) is 0 Å². The number of carbonyl (C=O) groups excluding carboxylic acids is 1. The van der Waals surface area contributed by atoms with Gasteiger partial charge < -0.3 is 9.73 Å². The van der Waals surface area contributed by atoms with Crippen LogP contribution in [0.2, 0.25) is 0 Å². The standard InChI is InChI=1S/C15H18N2O2S/c1-10-13(17-15(19-10)11-4-2-5-11)14(18)16-8-7-12-6-3-9-20-12/h3,6,9,11H,2,4-5,7-8H2,1H3,(H,16,18). The van der Waals surface area contributed by atoms with E-state index in [1.807, 2.05) is 18.4 Å². The number of amides is 1. The van der Waals surface area contributed by atoms with E-state index in [0.29, 0.717) is 23.9 Å². The lowest BCUT2D eigenvalue weighted by molar-refractivity contribution is 0.0948. The fourth-order valence-electron chi connectivity index (χ4n) is 2.30. The molecule has 20 heavy (non-hydrogen) atoms. The number of hydrogen-bond acceptors (Lipinski definition) is 4. The van der Waals surface area contributed by atoms with Crippen molar-refractivity contribution in [1.82, 2.24) is 10.3 Å². The number of hydrogen-bond donors (Lipinski definition) is 1. The van der Waals surface area contributed by atoms with E-state index < -0.39 is 0 Å². The van der Waals surface area contributed by atoms with Gasteiger partial charge in [-0.05, 0) is 37.6 Å². The van der Waals surface area contributed by atoms with Crippen LogP contribution in [0.15, 0.2) is 21.9 Å². The number of rotatable bonds is 5. The summed E-state index contributed by atoms with van der Waals surface area (Å²) >= 11 is 1.71. The SMILES string of the molecule is Cc1oc(C2CCC2)nc1C(=O)NCCc1cccs1. The third-order valence-corrected chi connectivity index (χ3v) is 4.66. The van der Waals surface area contributed by atoms with Crippen molar-refractivity contribution in [1.29, 1.82) is 0 Å². The number of aryl methyl sites for hydroxylation is 1. The van der Waals surface area contributed by atoms with E-state index >= 15 is 0 Å². The van der Waals surface area contributed by atoms with Crippen LogP contribution < -0.4 is 5.32 Å². The molecule has 2 aromatic rings. The second kappa shape index (κ2) is 5.79. The molecule has 5 heteroatoms. The van der Waals surface area contributed by atoms with E-state index in [-0.39, 0.29) is 5.91 Å². The predicted molar refractivity (Wildman–Crippen MR) is 78.2 cm³/mol. The average molecular weight is 290 g/mol. The maximum Gasteiger partial charge on any atom is 0.273 e. The maximum absolute atomic E-state index is 12.1. The molecule has 4 nitrogen and oxygen atoms in total. The normalized spacial score (nSPS) is 15.1. The molecule has 0 bridgehead atoms. The molecule has 1 aliphatic rings. The number of carbonyl (C=O) groups is 1. The number of oxazole rings is 1. The smallest absolute Gasteiger partial charge is 0.273 e. The zero-order valence-electron chi connectivity index (χ0n) is 11.5. The Morgan fingerprint density at radius 3 is 3.05 bits per heavy atom. The van der Waals surface area contributed by atoms with Crippen LogP contribution in [0.3, 0.4) is 0 Å². The first-order chi connectivity index (χ1) is 9.74. The first kappa shape index (κ1) is 13.4. The summed E-state index contributed by atoms with van der Waals surface area (Å²) < 4.78 is 5.62. The van der Waals surface area contributed by atoms with Gasteiger partial charge in [0, 0.05) is 17.3 Å². The first-order valence-electron chi connectivity index (χ1n) is 7.02. The summed E-state index contributed by atoms with van der Waals surface area (Å²) in [4.78, 5) is 17.8. The Morgan fingerprint density at radius 1 is 1.55 bits per heavy atom. The molecule has 1 N–H and O–H groups in total. The largest absolute Gasteiger partial charge is 0.445 e. The fourth-order valence-corrected chi connectivity index (χ4v) is 3.00. The topological polar surface area (TPSA) is 55.1 Å². The van der Waals surface area contributed by atoms with Gasteiger partial charge in [-0.15, -0.1) is 11.3 Å². The van der Waals surface area contributed by atoms with Crippen molar-refractivity contribution in [2.24, 2.45) is 0 Å². The molecule has 0 aromatic carbocycles. The van der Waals surface area contributed by atoms with Crippen molar-refractivity contribution in [3.63, 3.8) is 0 Å². The van der Waals surface area contributed by atoms with E-state index in [1.165, 1.54) is 11.3 Å². The maximum atomic E-state index is 12.1. The molecule has 2 heterocycles. The number of aromatic nitrogens is 1. The summed E-state index contributed by atoms with van der Waals surface area (Å²) in [5.74, 6) is 1.65. The Bertz CT molecular complexity index is 585. The summed E-state index contributed by atoms with van der Waals surface area (Å²) in [6.07, 6.45) is 4.34. The van der Waals surface area contributed by atoms with Crippen LogP contribution in [-0.2, 0) is 6.42 Å². The molecular formula is C15H18N2O2S. The fraction of sp³-hybridized carbons (Fsp3) is 0.467. The molecule has 1 saturated carbocycles. The highest BCUT2D eigenvalue weighted by molar-refractivity contribution is 7.09. The third-order valence-electron chi connectivity index (χ3n) is 3.72. The van der Waals surface area contributed by atoms with Crippen LogP contribution in [0.4, 0.5) is 0 Å². The van der Waals surface area contributed by atoms with Gasteiger partial charge in [-0.3, -0.25) is 4.79 Å². The van der Waals surface area contributed by atoms with Gasteiger partial charge >= 0.3 is 0 Å². The molecule has 0 atom stereocenters. The molecule has 0 aliphatic heterocycles. The van der Waals surface area contributed by atoms with E-state index in [1.54, 1.807) is 11.3 Å². The van der Waals surface area contributed by atoms with E-state index in [4.69, 9.17) is 4.42 Å². The molecule has 1 amide bonds. The van der Waals surface area contributed by atoms with E-state index in [9.17, 15) is 4.79 Å². The van der Waals surface area contributed by atoms with Crippen molar-refractivity contribution in [3.8, 4) is 0 Å². The van der Waals surface area contributed by atoms with E-state index in [0.717, 1.165) is 25.2 Å². The van der Waals surface area contributed by atoms with Gasteiger partial charge in [0.1, 0.15) is 5.76 Å². The lowest BCUT2D eigenvalue weighted by Gasteiger charge is -2.21. The summed E-state index contributed by atoms with van der Waals surface area (Å²) in [5.41, 5.74) is 0.443. The van der Waals surface area contributed by atoms with Gasteiger partial charge in [-0.1, -0.05) is 12.5 Å². The highest BCUT2D eigenvalue weighted by Gasteiger charge is 2.27. The molecule has 0 unspecified atom stereocenters. The Kier molecular flexibility index (Phi) is 3.87. The van der Waals surface area contributed by atoms with Gasteiger partial charge in [-0.25, -0.2) is 4.98 Å². The van der Waals surface area contributed by atoms with Crippen molar-refractivity contribution < 1.29 is 9.21 Å². The van der Waals surface area contributed by atoms with Gasteiger partial charge in [0.15, 0.2) is 11.6 Å². The minimum atomic E-state index is -0.131. The number of nitrogens with zero attached hydrogens (tertiary/aromatic N) is 1. The molecule has 1 fully saturated rings. The Morgan fingerprint density at radius 2 is 2.40 bits per heavy atom. The molecule has 0 saturated heterocycles. The van der Waals surface area contributed by atoms with Crippen LogP contribution in [-0.4, -0.2) is 17.4 Å². The zero-order valence-corrected chi connectivity index (χ0v) is 12.3. The summed E-state index contributed by atoms with van der Waals surface area (Å²) in [5, 5.41) is 4.96. The first-order valence-corrected chi connectivity index (χ1v) is 7.90. The quantitative estimate of drug-likeness (QED) is 0.919. The number of thiophene rings is 1. The Hall–Kier alpha value is -1.62. The van der Waals surface area contributed by atoms with Crippen LogP contribution >= 0.6 is 11.3 Å². The lowest BCUT2D eigenvalue weighted by Crippen LogP contribution is -2.26. The molecule has 1 aliphatic carbocycles. The second-order valence-corrected chi connectivity index (χ2v) is 6.20. The molecule has 106 valence electrons. The van der Waals surface area contributed by atoms with Crippen LogP contribution in [0.5, 0.6) is 0 Å². The molecule has 0 spiro atoms. The van der Waals surface area contributed by atoms with Crippen molar-refractivity contribution in [2.75, 3.05) is 6.54 Å². The second-order valence-electron chi connectivity index (χ2n) is 5.17. The summed E-state index contributed by atoms with van der Waals surface area (Å²) in [7, 11) is 0. The Balaban J connectivity index is 1.57.